The molecule has 3 aromatic rings. The predicted octanol–water partition coefficient (Wildman–Crippen LogP) is 3.44. The molecule has 0 fully saturated rings. The third-order valence-corrected chi connectivity index (χ3v) is 4.13. The molecule has 26 heavy (non-hydrogen) atoms. The summed E-state index contributed by atoms with van der Waals surface area (Å²) in [6, 6.07) is 3.94. The number of hydrogen-bond acceptors (Lipinski definition) is 4. The van der Waals surface area contributed by atoms with Crippen LogP contribution in [0.4, 0.5) is 13.2 Å². The van der Waals surface area contributed by atoms with Crippen molar-refractivity contribution in [3.05, 3.63) is 57.3 Å². The van der Waals surface area contributed by atoms with Crippen molar-refractivity contribution in [2.45, 2.75) is 26.1 Å². The molecule has 1 atom stereocenters. The van der Waals surface area contributed by atoms with Gasteiger partial charge >= 0.3 is 6.18 Å². The number of nitrogens with one attached hydrogen (secondary N) is 1. The van der Waals surface area contributed by atoms with Crippen LogP contribution in [-0.2, 0) is 6.18 Å². The minimum atomic E-state index is -4.44. The molecule has 6 nitrogen and oxygen atoms in total. The van der Waals surface area contributed by atoms with E-state index in [0.29, 0.717) is 11.4 Å². The monoisotopic (exact) mass is 384 g/mol. The molecule has 0 saturated carbocycles. The van der Waals surface area contributed by atoms with Crippen molar-refractivity contribution in [2.75, 3.05) is 0 Å². The van der Waals surface area contributed by atoms with Gasteiger partial charge in [0, 0.05) is 0 Å². The molecular formula is C16H12ClF3N4O2. The number of benzene rings is 1. The smallest absolute Gasteiger partial charge is 0.310 e. The number of H-pyrrole nitrogens is 1. The number of rotatable bonds is 3. The molecular weight excluding hydrogens is 373 g/mol. The number of carbonyl (C=O) groups is 1. The molecule has 0 bridgehead atoms. The van der Waals surface area contributed by atoms with Crippen molar-refractivity contribution in [1.29, 1.82) is 0 Å². The summed E-state index contributed by atoms with van der Waals surface area (Å²) < 4.78 is 39.4. The summed E-state index contributed by atoms with van der Waals surface area (Å²) >= 11 is 5.51. The zero-order valence-corrected chi connectivity index (χ0v) is 14.3. The van der Waals surface area contributed by atoms with Crippen LogP contribution < -0.4 is 5.56 Å². The van der Waals surface area contributed by atoms with Gasteiger partial charge in [0.25, 0.3) is 10.8 Å². The number of aromatic nitrogens is 4. The SMILES string of the molecule is Cc1nc2c(c(C(=O)Cl)nn2C(C)c2ccc(C(F)(F)F)cc2)c(=O)[nH]1. The summed E-state index contributed by atoms with van der Waals surface area (Å²) in [5.74, 6) is 0.303. The number of aryl methyl sites for hydroxylation is 1. The molecule has 2 aromatic heterocycles. The van der Waals surface area contributed by atoms with Gasteiger partial charge in [-0.2, -0.15) is 18.3 Å². The molecule has 3 rings (SSSR count). The maximum absolute atomic E-state index is 12.7. The Morgan fingerprint density at radius 3 is 2.42 bits per heavy atom. The largest absolute Gasteiger partial charge is 0.416 e. The molecule has 2 heterocycles. The van der Waals surface area contributed by atoms with Crippen LogP contribution in [0.2, 0.25) is 0 Å². The molecule has 1 N–H and O–H groups in total. The Morgan fingerprint density at radius 1 is 1.27 bits per heavy atom. The molecule has 136 valence electrons. The first-order chi connectivity index (χ1) is 12.1. The van der Waals surface area contributed by atoms with E-state index in [2.05, 4.69) is 15.1 Å². The van der Waals surface area contributed by atoms with Crippen LogP contribution in [0, 0.1) is 6.92 Å². The van der Waals surface area contributed by atoms with Crippen molar-refractivity contribution in [3.8, 4) is 0 Å². The molecule has 0 aliphatic rings. The molecule has 0 saturated heterocycles. The van der Waals surface area contributed by atoms with Crippen LogP contribution in [0.25, 0.3) is 11.0 Å². The summed E-state index contributed by atoms with van der Waals surface area (Å²) in [5.41, 5.74) is -0.976. The second kappa shape index (κ2) is 6.24. The zero-order chi connectivity index (χ0) is 19.2. The summed E-state index contributed by atoms with van der Waals surface area (Å²) in [4.78, 5) is 30.4. The van der Waals surface area contributed by atoms with Gasteiger partial charge in [0.2, 0.25) is 0 Å². The average Bonchev–Trinajstić information content (AvgIpc) is 2.93. The quantitative estimate of drug-likeness (QED) is 0.701. The van der Waals surface area contributed by atoms with Crippen LogP contribution in [0.5, 0.6) is 0 Å². The van der Waals surface area contributed by atoms with E-state index in [1.165, 1.54) is 16.8 Å². The lowest BCUT2D eigenvalue weighted by molar-refractivity contribution is -0.137. The fourth-order valence-electron chi connectivity index (χ4n) is 2.65. The summed E-state index contributed by atoms with van der Waals surface area (Å²) in [6.45, 7) is 3.22. The number of fused-ring (bicyclic) bond motifs is 1. The van der Waals surface area contributed by atoms with E-state index in [0.717, 1.165) is 12.1 Å². The van der Waals surface area contributed by atoms with Crippen LogP contribution in [0.3, 0.4) is 0 Å². The van der Waals surface area contributed by atoms with E-state index in [1.807, 2.05) is 0 Å². The predicted molar refractivity (Wildman–Crippen MR) is 88.3 cm³/mol. The van der Waals surface area contributed by atoms with Crippen molar-refractivity contribution >= 4 is 27.9 Å². The maximum atomic E-state index is 12.7. The highest BCUT2D eigenvalue weighted by atomic mass is 35.5. The Balaban J connectivity index is 2.16. The number of nitrogens with zero attached hydrogens (tertiary/aromatic N) is 3. The highest BCUT2D eigenvalue weighted by Gasteiger charge is 2.30. The summed E-state index contributed by atoms with van der Waals surface area (Å²) in [6.07, 6.45) is -4.44. The Bertz CT molecular complexity index is 1050. The van der Waals surface area contributed by atoms with Crippen LogP contribution in [0.15, 0.2) is 29.1 Å². The lowest BCUT2D eigenvalue weighted by atomic mass is 10.1. The van der Waals surface area contributed by atoms with Gasteiger partial charge in [-0.3, -0.25) is 9.59 Å². The van der Waals surface area contributed by atoms with Gasteiger partial charge in [-0.25, -0.2) is 9.67 Å². The first kappa shape index (κ1) is 18.1. The van der Waals surface area contributed by atoms with Gasteiger partial charge < -0.3 is 4.98 Å². The second-order valence-corrected chi connectivity index (χ2v) is 6.06. The first-order valence-corrected chi connectivity index (χ1v) is 7.83. The van der Waals surface area contributed by atoms with Crippen molar-refractivity contribution in [3.63, 3.8) is 0 Å². The molecule has 10 heteroatoms. The highest BCUT2D eigenvalue weighted by Crippen LogP contribution is 2.31. The minimum Gasteiger partial charge on any atom is -0.310 e. The highest BCUT2D eigenvalue weighted by molar-refractivity contribution is 6.68. The summed E-state index contributed by atoms with van der Waals surface area (Å²) in [5, 5.41) is 3.08. The molecule has 0 aliphatic carbocycles. The van der Waals surface area contributed by atoms with E-state index in [9.17, 15) is 22.8 Å². The molecule has 1 unspecified atom stereocenters. The van der Waals surface area contributed by atoms with Crippen LogP contribution in [-0.4, -0.2) is 25.0 Å². The Hall–Kier alpha value is -2.68. The number of hydrogen-bond donors (Lipinski definition) is 1. The third kappa shape index (κ3) is 3.10. The number of carbonyl (C=O) groups excluding carboxylic acids is 1. The lowest BCUT2D eigenvalue weighted by Gasteiger charge is -2.15. The minimum absolute atomic E-state index is 0.0608. The molecule has 0 radical (unpaired) electrons. The van der Waals surface area contributed by atoms with E-state index >= 15 is 0 Å². The number of aromatic amines is 1. The lowest BCUT2D eigenvalue weighted by Crippen LogP contribution is -2.13. The molecule has 1 aromatic carbocycles. The van der Waals surface area contributed by atoms with Crippen LogP contribution in [0.1, 0.15) is 40.4 Å². The van der Waals surface area contributed by atoms with E-state index < -0.39 is 28.6 Å². The van der Waals surface area contributed by atoms with Gasteiger partial charge in [0.05, 0.1) is 11.6 Å². The van der Waals surface area contributed by atoms with Gasteiger partial charge in [-0.1, -0.05) is 12.1 Å². The van der Waals surface area contributed by atoms with E-state index in [1.54, 1.807) is 13.8 Å². The van der Waals surface area contributed by atoms with Crippen LogP contribution >= 0.6 is 11.6 Å². The van der Waals surface area contributed by atoms with Crippen molar-refractivity contribution in [1.82, 2.24) is 19.7 Å². The topological polar surface area (TPSA) is 80.6 Å². The fourth-order valence-corrected chi connectivity index (χ4v) is 2.79. The normalized spacial score (nSPS) is 13.2. The molecule has 0 aliphatic heterocycles. The molecule has 0 amide bonds. The van der Waals surface area contributed by atoms with Crippen molar-refractivity contribution < 1.29 is 18.0 Å². The first-order valence-electron chi connectivity index (χ1n) is 7.45. The van der Waals surface area contributed by atoms with Gasteiger partial charge in [-0.15, -0.1) is 0 Å². The Kier molecular flexibility index (Phi) is 4.35. The maximum Gasteiger partial charge on any atom is 0.416 e. The standard InChI is InChI=1S/C16H12ClF3N4O2/c1-7(9-3-5-10(6-4-9)16(18,19)20)24-14-11(12(23-24)13(17)25)15(26)22-8(2)21-14/h3-7H,1-2H3,(H,21,22,26). The van der Waals surface area contributed by atoms with Gasteiger partial charge in [0.1, 0.15) is 11.2 Å². The number of alkyl halides is 3. The zero-order valence-electron chi connectivity index (χ0n) is 13.6. The number of halogens is 4. The van der Waals surface area contributed by atoms with E-state index in [-0.39, 0.29) is 16.7 Å². The van der Waals surface area contributed by atoms with E-state index in [4.69, 9.17) is 11.6 Å². The third-order valence-electron chi connectivity index (χ3n) is 3.95. The second-order valence-electron chi connectivity index (χ2n) is 5.71. The Labute approximate surface area is 149 Å². The van der Waals surface area contributed by atoms with Gasteiger partial charge in [0.15, 0.2) is 11.3 Å². The van der Waals surface area contributed by atoms with Gasteiger partial charge in [-0.05, 0) is 43.1 Å². The summed E-state index contributed by atoms with van der Waals surface area (Å²) in [7, 11) is 0. The fraction of sp³-hybridized carbons (Fsp3) is 0.250. The Morgan fingerprint density at radius 2 is 1.88 bits per heavy atom. The van der Waals surface area contributed by atoms with Crippen molar-refractivity contribution in [2.24, 2.45) is 0 Å². The average molecular weight is 385 g/mol. The molecule has 0 spiro atoms.